The molecule has 0 saturated heterocycles. The Morgan fingerprint density at radius 3 is 2.79 bits per heavy atom. The zero-order valence-electron chi connectivity index (χ0n) is 14.2. The molecule has 0 aliphatic carbocycles. The van der Waals surface area contributed by atoms with E-state index < -0.39 is 0 Å². The number of nitrogens with zero attached hydrogens (tertiary/aromatic N) is 2. The van der Waals surface area contributed by atoms with Gasteiger partial charge in [-0.25, -0.2) is 0 Å². The lowest BCUT2D eigenvalue weighted by atomic mass is 10.2. The number of unbranched alkanes of at least 4 members (excludes halogenated alkanes) is 1. The molecule has 0 aliphatic heterocycles. The maximum absolute atomic E-state index is 12.4. The van der Waals surface area contributed by atoms with E-state index in [-0.39, 0.29) is 5.91 Å². The molecule has 0 saturated carbocycles. The zero-order chi connectivity index (χ0) is 17.5. The fourth-order valence-corrected chi connectivity index (χ4v) is 2.49. The molecule has 1 N–H and O–H groups in total. The molecule has 1 aromatic carbocycles. The van der Waals surface area contributed by atoms with Gasteiger partial charge in [-0.1, -0.05) is 24.9 Å². The second kappa shape index (κ2) is 8.55. The molecule has 2 rings (SSSR count). The van der Waals surface area contributed by atoms with Crippen LogP contribution in [-0.4, -0.2) is 31.6 Å². The third-order valence-corrected chi connectivity index (χ3v) is 3.98. The van der Waals surface area contributed by atoms with E-state index in [0.717, 1.165) is 25.1 Å². The number of ether oxygens (including phenoxy) is 1. The molecule has 24 heavy (non-hydrogen) atoms. The molecule has 2 aromatic rings. The monoisotopic (exact) mass is 347 g/mol. The molecule has 5 nitrogen and oxygen atoms in total. The Bertz CT molecular complexity index is 706. The van der Waals surface area contributed by atoms with E-state index in [1.165, 1.54) is 0 Å². The van der Waals surface area contributed by atoms with Crippen LogP contribution in [0.1, 0.15) is 30.1 Å². The van der Waals surface area contributed by atoms with Gasteiger partial charge in [0, 0.05) is 25.5 Å². The van der Waals surface area contributed by atoms with Crippen molar-refractivity contribution in [3.63, 3.8) is 0 Å². The second-order valence-corrected chi connectivity index (χ2v) is 5.92. The first-order valence-electron chi connectivity index (χ1n) is 7.86. The number of hydrogen-bond acceptors (Lipinski definition) is 4. The van der Waals surface area contributed by atoms with Gasteiger partial charge in [0.05, 0.1) is 29.6 Å². The lowest BCUT2D eigenvalue weighted by Gasteiger charge is -2.19. The number of aromatic nitrogens is 1. The summed E-state index contributed by atoms with van der Waals surface area (Å²) in [5.74, 6) is 0.338. The lowest BCUT2D eigenvalue weighted by Crippen LogP contribution is -2.19. The van der Waals surface area contributed by atoms with E-state index in [1.807, 2.05) is 13.1 Å². The van der Waals surface area contributed by atoms with Gasteiger partial charge in [0.2, 0.25) is 0 Å². The summed E-state index contributed by atoms with van der Waals surface area (Å²) in [4.78, 5) is 18.7. The van der Waals surface area contributed by atoms with Crippen molar-refractivity contribution in [1.29, 1.82) is 0 Å². The van der Waals surface area contributed by atoms with Gasteiger partial charge < -0.3 is 15.0 Å². The quantitative estimate of drug-likeness (QED) is 0.814. The van der Waals surface area contributed by atoms with Gasteiger partial charge in [0.1, 0.15) is 5.75 Å². The number of pyridine rings is 1. The van der Waals surface area contributed by atoms with Crippen LogP contribution >= 0.6 is 11.6 Å². The fraction of sp³-hybridized carbons (Fsp3) is 0.333. The number of hydrogen-bond donors (Lipinski definition) is 1. The van der Waals surface area contributed by atoms with E-state index in [1.54, 1.807) is 37.7 Å². The van der Waals surface area contributed by atoms with Gasteiger partial charge in [-0.05, 0) is 30.7 Å². The van der Waals surface area contributed by atoms with Crippen LogP contribution in [0, 0.1) is 0 Å². The van der Waals surface area contributed by atoms with E-state index >= 15 is 0 Å². The van der Waals surface area contributed by atoms with Gasteiger partial charge in [0.15, 0.2) is 0 Å². The van der Waals surface area contributed by atoms with Crippen molar-refractivity contribution in [2.45, 2.75) is 19.8 Å². The molecular formula is C18H22ClN3O2. The summed E-state index contributed by atoms with van der Waals surface area (Å²) in [5.41, 5.74) is 2.03. The van der Waals surface area contributed by atoms with Crippen molar-refractivity contribution < 1.29 is 9.53 Å². The topological polar surface area (TPSA) is 54.5 Å². The largest absolute Gasteiger partial charge is 0.495 e. The molecular weight excluding hydrogens is 326 g/mol. The van der Waals surface area contributed by atoms with Gasteiger partial charge in [0.25, 0.3) is 5.91 Å². The SMILES string of the molecule is CCCCN(C)c1cncc(C(=O)Nc2ccc(OC)c(Cl)c2)c1. The maximum Gasteiger partial charge on any atom is 0.257 e. The third-order valence-electron chi connectivity index (χ3n) is 3.68. The molecule has 6 heteroatoms. The van der Waals surface area contributed by atoms with Crippen molar-refractivity contribution in [1.82, 2.24) is 4.98 Å². The number of halogens is 1. The maximum atomic E-state index is 12.4. The van der Waals surface area contributed by atoms with Crippen molar-refractivity contribution >= 4 is 28.9 Å². The Hall–Kier alpha value is -2.27. The van der Waals surface area contributed by atoms with Crippen molar-refractivity contribution in [2.24, 2.45) is 0 Å². The van der Waals surface area contributed by atoms with Crippen LogP contribution in [0.5, 0.6) is 5.75 Å². The van der Waals surface area contributed by atoms with Crippen LogP contribution in [0.15, 0.2) is 36.7 Å². The average molecular weight is 348 g/mol. The van der Waals surface area contributed by atoms with E-state index in [4.69, 9.17) is 16.3 Å². The molecule has 0 fully saturated rings. The highest BCUT2D eigenvalue weighted by atomic mass is 35.5. The highest BCUT2D eigenvalue weighted by Crippen LogP contribution is 2.27. The minimum atomic E-state index is -0.227. The number of benzene rings is 1. The smallest absolute Gasteiger partial charge is 0.257 e. The normalized spacial score (nSPS) is 10.3. The Labute approximate surface area is 147 Å². The summed E-state index contributed by atoms with van der Waals surface area (Å²) in [5, 5.41) is 3.27. The van der Waals surface area contributed by atoms with Gasteiger partial charge in [-0.2, -0.15) is 0 Å². The summed E-state index contributed by atoms with van der Waals surface area (Å²) in [6.45, 7) is 3.08. The molecule has 0 radical (unpaired) electrons. The summed E-state index contributed by atoms with van der Waals surface area (Å²) < 4.78 is 5.10. The number of carbonyl (C=O) groups excluding carboxylic acids is 1. The Morgan fingerprint density at radius 1 is 1.33 bits per heavy atom. The summed E-state index contributed by atoms with van der Waals surface area (Å²) in [7, 11) is 3.54. The highest BCUT2D eigenvalue weighted by Gasteiger charge is 2.10. The minimum Gasteiger partial charge on any atom is -0.495 e. The Kier molecular flexibility index (Phi) is 6.44. The second-order valence-electron chi connectivity index (χ2n) is 5.51. The van der Waals surface area contributed by atoms with Gasteiger partial charge in [-0.3, -0.25) is 9.78 Å². The highest BCUT2D eigenvalue weighted by molar-refractivity contribution is 6.32. The van der Waals surface area contributed by atoms with Crippen molar-refractivity contribution in [2.75, 3.05) is 30.9 Å². The first-order valence-corrected chi connectivity index (χ1v) is 8.24. The first-order chi connectivity index (χ1) is 11.5. The lowest BCUT2D eigenvalue weighted by molar-refractivity contribution is 0.102. The van der Waals surface area contributed by atoms with Crippen LogP contribution in [-0.2, 0) is 0 Å². The predicted molar refractivity (Wildman–Crippen MR) is 98.4 cm³/mol. The number of methoxy groups -OCH3 is 1. The molecule has 0 bridgehead atoms. The number of nitrogens with one attached hydrogen (secondary N) is 1. The summed E-state index contributed by atoms with van der Waals surface area (Å²) >= 11 is 6.08. The Balaban J connectivity index is 2.11. The Morgan fingerprint density at radius 2 is 2.12 bits per heavy atom. The molecule has 128 valence electrons. The molecule has 1 aromatic heterocycles. The van der Waals surface area contributed by atoms with Gasteiger partial charge in [-0.15, -0.1) is 0 Å². The van der Waals surface area contributed by atoms with Crippen molar-refractivity contribution in [3.8, 4) is 5.75 Å². The number of carbonyl (C=O) groups is 1. The molecule has 0 aliphatic rings. The minimum absolute atomic E-state index is 0.227. The van der Waals surface area contributed by atoms with Crippen LogP contribution < -0.4 is 15.0 Å². The summed E-state index contributed by atoms with van der Waals surface area (Å²) in [6.07, 6.45) is 5.53. The standard InChI is InChI=1S/C18H22ClN3O2/c1-4-5-8-22(2)15-9-13(11-20-12-15)18(23)21-14-6-7-17(24-3)16(19)10-14/h6-7,9-12H,4-5,8H2,1-3H3,(H,21,23). The fourth-order valence-electron chi connectivity index (χ4n) is 2.23. The molecule has 1 heterocycles. The third kappa shape index (κ3) is 4.61. The number of amides is 1. The first kappa shape index (κ1) is 18.1. The molecule has 0 spiro atoms. The summed E-state index contributed by atoms with van der Waals surface area (Å²) in [6, 6.07) is 6.95. The van der Waals surface area contributed by atoms with Crippen LogP contribution in [0.2, 0.25) is 5.02 Å². The van der Waals surface area contributed by atoms with Crippen molar-refractivity contribution in [3.05, 3.63) is 47.2 Å². The number of rotatable bonds is 7. The van der Waals surface area contributed by atoms with Crippen LogP contribution in [0.25, 0.3) is 0 Å². The predicted octanol–water partition coefficient (Wildman–Crippen LogP) is 4.23. The van der Waals surface area contributed by atoms with Crippen LogP contribution in [0.3, 0.4) is 0 Å². The molecule has 0 unspecified atom stereocenters. The van der Waals surface area contributed by atoms with Gasteiger partial charge >= 0.3 is 0 Å². The molecule has 0 atom stereocenters. The van der Waals surface area contributed by atoms with Crippen LogP contribution in [0.4, 0.5) is 11.4 Å². The van der Waals surface area contributed by atoms with E-state index in [2.05, 4.69) is 22.1 Å². The van der Waals surface area contributed by atoms with E-state index in [9.17, 15) is 4.79 Å². The zero-order valence-corrected chi connectivity index (χ0v) is 14.9. The number of anilines is 2. The average Bonchev–Trinajstić information content (AvgIpc) is 2.60. The van der Waals surface area contributed by atoms with E-state index in [0.29, 0.717) is 22.0 Å². The molecule has 1 amide bonds.